The van der Waals surface area contributed by atoms with Crippen molar-refractivity contribution in [2.24, 2.45) is 0 Å². The number of carbonyl (C=O) groups is 1. The van der Waals surface area contributed by atoms with Gasteiger partial charge >= 0.3 is 5.97 Å². The number of carboxylic acid groups (broad SMARTS) is 1. The summed E-state index contributed by atoms with van der Waals surface area (Å²) in [5.41, 5.74) is 4.21. The molecule has 0 saturated heterocycles. The number of aliphatic carboxylic acids is 1. The van der Waals surface area contributed by atoms with Gasteiger partial charge in [0.1, 0.15) is 0 Å². The van der Waals surface area contributed by atoms with Crippen LogP contribution >= 0.6 is 0 Å². The van der Waals surface area contributed by atoms with Gasteiger partial charge in [0.25, 0.3) is 0 Å². The van der Waals surface area contributed by atoms with Crippen LogP contribution < -0.4 is 4.90 Å². The zero-order valence-electron chi connectivity index (χ0n) is 11.1. The number of aryl methyl sites for hydroxylation is 1. The average molecular weight is 255 g/mol. The van der Waals surface area contributed by atoms with Gasteiger partial charge in [0.05, 0.1) is 6.42 Å². The molecule has 0 fully saturated rings. The number of benzene rings is 2. The van der Waals surface area contributed by atoms with E-state index in [0.29, 0.717) is 0 Å². The maximum atomic E-state index is 10.6. The Labute approximate surface area is 113 Å². The number of rotatable bonds is 4. The minimum Gasteiger partial charge on any atom is -0.481 e. The average Bonchev–Trinajstić information content (AvgIpc) is 2.39. The second-order valence-electron chi connectivity index (χ2n) is 4.58. The third-order valence-electron chi connectivity index (χ3n) is 3.16. The molecule has 0 amide bonds. The Morgan fingerprint density at radius 3 is 2.32 bits per heavy atom. The van der Waals surface area contributed by atoms with E-state index in [9.17, 15) is 4.79 Å². The van der Waals surface area contributed by atoms with Crippen molar-refractivity contribution in [1.29, 1.82) is 0 Å². The molecule has 19 heavy (non-hydrogen) atoms. The van der Waals surface area contributed by atoms with E-state index in [-0.39, 0.29) is 6.42 Å². The van der Waals surface area contributed by atoms with Crippen LogP contribution in [0.3, 0.4) is 0 Å². The maximum Gasteiger partial charge on any atom is 0.307 e. The molecule has 0 aliphatic heterocycles. The molecule has 98 valence electrons. The van der Waals surface area contributed by atoms with Gasteiger partial charge < -0.3 is 10.0 Å². The Kier molecular flexibility index (Phi) is 3.85. The van der Waals surface area contributed by atoms with Gasteiger partial charge in [-0.05, 0) is 36.2 Å². The van der Waals surface area contributed by atoms with Crippen molar-refractivity contribution in [2.45, 2.75) is 13.3 Å². The van der Waals surface area contributed by atoms with Crippen molar-refractivity contribution in [2.75, 3.05) is 11.9 Å². The van der Waals surface area contributed by atoms with E-state index in [1.165, 1.54) is 5.56 Å². The van der Waals surface area contributed by atoms with Crippen molar-refractivity contribution < 1.29 is 9.90 Å². The Balaban J connectivity index is 2.23. The van der Waals surface area contributed by atoms with Crippen molar-refractivity contribution in [3.05, 3.63) is 59.7 Å². The number of hydrogen-bond donors (Lipinski definition) is 1. The van der Waals surface area contributed by atoms with Crippen molar-refractivity contribution in [1.82, 2.24) is 0 Å². The molecule has 0 spiro atoms. The quantitative estimate of drug-likeness (QED) is 0.910. The van der Waals surface area contributed by atoms with Crippen LogP contribution in [-0.2, 0) is 11.2 Å². The van der Waals surface area contributed by atoms with Gasteiger partial charge in [-0.15, -0.1) is 0 Å². The molecule has 0 aliphatic carbocycles. The number of nitrogens with zero attached hydrogens (tertiary/aromatic N) is 1. The molecule has 0 aliphatic rings. The van der Waals surface area contributed by atoms with Crippen molar-refractivity contribution in [3.8, 4) is 0 Å². The minimum absolute atomic E-state index is 0.0638. The zero-order chi connectivity index (χ0) is 13.8. The lowest BCUT2D eigenvalue weighted by Gasteiger charge is -2.21. The molecule has 1 N–H and O–H groups in total. The standard InChI is InChI=1S/C16H17NO2/c1-12-5-3-4-6-15(12)17(2)14-9-7-13(8-10-14)11-16(18)19/h3-10H,11H2,1-2H3,(H,18,19). The first-order valence-corrected chi connectivity index (χ1v) is 6.18. The molecule has 3 nitrogen and oxygen atoms in total. The number of carboxylic acids is 1. The van der Waals surface area contributed by atoms with Crippen LogP contribution in [0.4, 0.5) is 11.4 Å². The van der Waals surface area contributed by atoms with Gasteiger partial charge in [-0.2, -0.15) is 0 Å². The third-order valence-corrected chi connectivity index (χ3v) is 3.16. The highest BCUT2D eigenvalue weighted by Crippen LogP contribution is 2.26. The summed E-state index contributed by atoms with van der Waals surface area (Å²) in [5, 5.41) is 8.75. The predicted molar refractivity (Wildman–Crippen MR) is 77.0 cm³/mol. The molecule has 3 heteroatoms. The van der Waals surface area contributed by atoms with Crippen molar-refractivity contribution >= 4 is 17.3 Å². The molecule has 0 radical (unpaired) electrons. The van der Waals surface area contributed by atoms with Gasteiger partial charge in [0.15, 0.2) is 0 Å². The second kappa shape index (κ2) is 5.57. The van der Waals surface area contributed by atoms with Crippen LogP contribution in [-0.4, -0.2) is 18.1 Å². The lowest BCUT2D eigenvalue weighted by Crippen LogP contribution is -2.10. The van der Waals surface area contributed by atoms with Crippen LogP contribution in [0.1, 0.15) is 11.1 Å². The fourth-order valence-corrected chi connectivity index (χ4v) is 2.09. The van der Waals surface area contributed by atoms with Crippen LogP contribution in [0, 0.1) is 6.92 Å². The normalized spacial score (nSPS) is 10.2. The largest absolute Gasteiger partial charge is 0.481 e. The minimum atomic E-state index is -0.806. The summed E-state index contributed by atoms with van der Waals surface area (Å²) in [5.74, 6) is -0.806. The molecule has 2 aromatic rings. The molecule has 2 rings (SSSR count). The monoisotopic (exact) mass is 255 g/mol. The first-order chi connectivity index (χ1) is 9.08. The van der Waals surface area contributed by atoms with E-state index in [1.807, 2.05) is 43.4 Å². The van der Waals surface area contributed by atoms with Crippen LogP contribution in [0.15, 0.2) is 48.5 Å². The first-order valence-electron chi connectivity index (χ1n) is 6.18. The van der Waals surface area contributed by atoms with Gasteiger partial charge in [-0.3, -0.25) is 4.79 Å². The summed E-state index contributed by atoms with van der Waals surface area (Å²) in [6.45, 7) is 2.07. The fraction of sp³-hybridized carbons (Fsp3) is 0.188. The Hall–Kier alpha value is -2.29. The molecular formula is C16H17NO2. The Morgan fingerprint density at radius 2 is 1.74 bits per heavy atom. The van der Waals surface area contributed by atoms with E-state index in [2.05, 4.69) is 24.0 Å². The SMILES string of the molecule is Cc1ccccc1N(C)c1ccc(CC(=O)O)cc1. The number of anilines is 2. The molecule has 0 bridgehead atoms. The summed E-state index contributed by atoms with van der Waals surface area (Å²) in [6, 6.07) is 15.8. The summed E-state index contributed by atoms with van der Waals surface area (Å²) >= 11 is 0. The lowest BCUT2D eigenvalue weighted by atomic mass is 10.1. The summed E-state index contributed by atoms with van der Waals surface area (Å²) in [4.78, 5) is 12.7. The fourth-order valence-electron chi connectivity index (χ4n) is 2.09. The molecule has 2 aromatic carbocycles. The Morgan fingerprint density at radius 1 is 1.11 bits per heavy atom. The molecule has 0 unspecified atom stereocenters. The Bertz CT molecular complexity index is 576. The van der Waals surface area contributed by atoms with Gasteiger partial charge in [0, 0.05) is 18.4 Å². The van der Waals surface area contributed by atoms with Crippen LogP contribution in [0.25, 0.3) is 0 Å². The van der Waals surface area contributed by atoms with E-state index >= 15 is 0 Å². The molecule has 0 aromatic heterocycles. The van der Waals surface area contributed by atoms with Gasteiger partial charge in [0.2, 0.25) is 0 Å². The van der Waals surface area contributed by atoms with Crippen LogP contribution in [0.2, 0.25) is 0 Å². The van der Waals surface area contributed by atoms with E-state index in [0.717, 1.165) is 16.9 Å². The highest BCUT2D eigenvalue weighted by Gasteiger charge is 2.07. The zero-order valence-corrected chi connectivity index (χ0v) is 11.1. The summed E-state index contributed by atoms with van der Waals surface area (Å²) in [6.07, 6.45) is 0.0638. The lowest BCUT2D eigenvalue weighted by molar-refractivity contribution is -0.136. The van der Waals surface area contributed by atoms with Gasteiger partial charge in [-0.1, -0.05) is 30.3 Å². The summed E-state index contributed by atoms with van der Waals surface area (Å²) in [7, 11) is 2.01. The molecular weight excluding hydrogens is 238 g/mol. The van der Waals surface area contributed by atoms with E-state index < -0.39 is 5.97 Å². The summed E-state index contributed by atoms with van der Waals surface area (Å²) < 4.78 is 0. The first kappa shape index (κ1) is 13.1. The second-order valence-corrected chi connectivity index (χ2v) is 4.58. The van der Waals surface area contributed by atoms with Crippen LogP contribution in [0.5, 0.6) is 0 Å². The highest BCUT2D eigenvalue weighted by atomic mass is 16.4. The molecule has 0 saturated carbocycles. The van der Waals surface area contributed by atoms with Gasteiger partial charge in [-0.25, -0.2) is 0 Å². The highest BCUT2D eigenvalue weighted by molar-refractivity contribution is 5.71. The third kappa shape index (κ3) is 3.13. The molecule has 0 heterocycles. The number of para-hydroxylation sites is 1. The van der Waals surface area contributed by atoms with E-state index in [1.54, 1.807) is 0 Å². The van der Waals surface area contributed by atoms with Crippen molar-refractivity contribution in [3.63, 3.8) is 0 Å². The predicted octanol–water partition coefficient (Wildman–Crippen LogP) is 3.39. The molecule has 0 atom stereocenters. The van der Waals surface area contributed by atoms with E-state index in [4.69, 9.17) is 5.11 Å². The smallest absolute Gasteiger partial charge is 0.307 e. The number of hydrogen-bond acceptors (Lipinski definition) is 2. The topological polar surface area (TPSA) is 40.5 Å². The maximum absolute atomic E-state index is 10.6.